The van der Waals surface area contributed by atoms with Crippen LogP contribution in [0.25, 0.3) is 90.1 Å². The Morgan fingerprint density at radius 2 is 1.33 bits per heavy atom. The maximum absolute atomic E-state index is 6.21. The first kappa shape index (κ1) is 31.3. The summed E-state index contributed by atoms with van der Waals surface area (Å²) in [5, 5.41) is 8.97. The van der Waals surface area contributed by atoms with Gasteiger partial charge in [0.05, 0.1) is 0 Å². The van der Waals surface area contributed by atoms with Crippen LogP contribution in [0.5, 0.6) is 0 Å². The molecule has 9 rings (SSSR count). The van der Waals surface area contributed by atoms with Gasteiger partial charge in [-0.15, -0.1) is 0 Å². The molecule has 4 nitrogen and oxygen atoms in total. The highest BCUT2D eigenvalue weighted by molar-refractivity contribution is 6.21. The summed E-state index contributed by atoms with van der Waals surface area (Å²) in [5.41, 5.74) is 9.10. The van der Waals surface area contributed by atoms with Crippen molar-refractivity contribution in [2.75, 3.05) is 0 Å². The number of allylic oxidation sites excluding steroid dienone is 3. The summed E-state index contributed by atoms with van der Waals surface area (Å²) in [6, 6.07) is 44.0. The van der Waals surface area contributed by atoms with Crippen molar-refractivity contribution in [3.05, 3.63) is 172 Å². The smallest absolute Gasteiger partial charge is 0.164 e. The van der Waals surface area contributed by atoms with Crippen LogP contribution in [-0.2, 0) is 0 Å². The summed E-state index contributed by atoms with van der Waals surface area (Å²) in [7, 11) is 0. The number of fused-ring (bicyclic) bond motifs is 1. The molecule has 0 saturated heterocycles. The number of hydrogen-bond donors (Lipinski definition) is 0. The van der Waals surface area contributed by atoms with Crippen molar-refractivity contribution in [3.63, 3.8) is 0 Å². The minimum atomic E-state index is 0.627. The summed E-state index contributed by atoms with van der Waals surface area (Å²) in [6.45, 7) is 10.8. The fraction of sp³-hybridized carbons (Fsp3) is 0.0625. The molecule has 2 aromatic heterocycles. The predicted molar refractivity (Wildman–Crippen MR) is 217 cm³/mol. The number of nitrogens with zero attached hydrogens (tertiary/aromatic N) is 3. The van der Waals surface area contributed by atoms with Gasteiger partial charge in [0.1, 0.15) is 11.2 Å². The number of furan rings is 1. The molecular formula is C48H35N3O. The zero-order valence-corrected chi connectivity index (χ0v) is 29.3. The van der Waals surface area contributed by atoms with Gasteiger partial charge in [-0.05, 0) is 99.3 Å². The molecule has 0 aliphatic carbocycles. The Kier molecular flexibility index (Phi) is 7.59. The van der Waals surface area contributed by atoms with Gasteiger partial charge >= 0.3 is 0 Å². The largest absolute Gasteiger partial charge is 0.456 e. The molecule has 0 saturated carbocycles. The molecule has 0 radical (unpaired) electrons. The Hall–Kier alpha value is -6.65. The molecule has 0 N–H and O–H groups in total. The molecule has 248 valence electrons. The molecular weight excluding hydrogens is 635 g/mol. The van der Waals surface area contributed by atoms with E-state index >= 15 is 0 Å². The van der Waals surface area contributed by atoms with Gasteiger partial charge in [-0.1, -0.05) is 128 Å². The third kappa shape index (κ3) is 5.28. The maximum atomic E-state index is 6.21. The van der Waals surface area contributed by atoms with Crippen molar-refractivity contribution in [3.8, 4) is 22.8 Å². The molecule has 4 heteroatoms. The van der Waals surface area contributed by atoms with E-state index in [2.05, 4.69) is 148 Å². The lowest BCUT2D eigenvalue weighted by Crippen LogP contribution is -2.24. The highest BCUT2D eigenvalue weighted by Gasteiger charge is 2.17. The fourth-order valence-electron chi connectivity index (χ4n) is 7.41. The van der Waals surface area contributed by atoms with E-state index in [9.17, 15) is 0 Å². The van der Waals surface area contributed by atoms with E-state index in [1.807, 2.05) is 25.1 Å². The monoisotopic (exact) mass is 669 g/mol. The van der Waals surface area contributed by atoms with Crippen molar-refractivity contribution in [1.82, 2.24) is 15.0 Å². The Balaban J connectivity index is 1.17. The molecule has 0 fully saturated rings. The average Bonchev–Trinajstić information content (AvgIpc) is 3.58. The molecule has 7 aromatic carbocycles. The van der Waals surface area contributed by atoms with Crippen LogP contribution in [0.2, 0.25) is 0 Å². The Bertz CT molecular complexity index is 3020. The molecule has 2 heterocycles. The quantitative estimate of drug-likeness (QED) is 0.165. The first-order valence-electron chi connectivity index (χ1n) is 17.6. The second-order valence-corrected chi connectivity index (χ2v) is 13.3. The van der Waals surface area contributed by atoms with Crippen LogP contribution in [0, 0.1) is 6.92 Å². The SMILES string of the molecule is C=c1/c(=C\C=C(/C)c2cccc(-c3nc(/C(=C/C)c4ccccc4C)nc(-c4ccc5ccccc5c4)n3)c2)c2cccc3oc4cccc1c4c32. The number of hydrogen-bond acceptors (Lipinski definition) is 4. The first-order valence-corrected chi connectivity index (χ1v) is 17.6. The molecule has 0 bridgehead atoms. The Labute approximate surface area is 301 Å². The minimum absolute atomic E-state index is 0.627. The van der Waals surface area contributed by atoms with Gasteiger partial charge in [-0.25, -0.2) is 15.0 Å². The highest BCUT2D eigenvalue weighted by Crippen LogP contribution is 2.34. The molecule has 0 amide bonds. The summed E-state index contributed by atoms with van der Waals surface area (Å²) in [6.07, 6.45) is 6.46. The van der Waals surface area contributed by atoms with Crippen LogP contribution in [0.4, 0.5) is 0 Å². The van der Waals surface area contributed by atoms with Gasteiger partial charge in [0.25, 0.3) is 0 Å². The second-order valence-electron chi connectivity index (χ2n) is 13.3. The van der Waals surface area contributed by atoms with Gasteiger partial charge < -0.3 is 4.42 Å². The topological polar surface area (TPSA) is 51.8 Å². The van der Waals surface area contributed by atoms with Gasteiger partial charge in [-0.2, -0.15) is 0 Å². The highest BCUT2D eigenvalue weighted by atomic mass is 16.3. The van der Waals surface area contributed by atoms with Crippen molar-refractivity contribution in [2.24, 2.45) is 0 Å². The third-order valence-electron chi connectivity index (χ3n) is 10.1. The van der Waals surface area contributed by atoms with E-state index in [1.54, 1.807) is 0 Å². The van der Waals surface area contributed by atoms with Gasteiger partial charge in [0, 0.05) is 27.5 Å². The van der Waals surface area contributed by atoms with E-state index in [0.29, 0.717) is 17.5 Å². The molecule has 0 unspecified atom stereocenters. The van der Waals surface area contributed by atoms with Gasteiger partial charge in [-0.3, -0.25) is 0 Å². The first-order chi connectivity index (χ1) is 25.5. The van der Waals surface area contributed by atoms with Crippen LogP contribution in [-0.4, -0.2) is 15.0 Å². The van der Waals surface area contributed by atoms with E-state index in [0.717, 1.165) is 81.9 Å². The Morgan fingerprint density at radius 3 is 2.10 bits per heavy atom. The maximum Gasteiger partial charge on any atom is 0.164 e. The van der Waals surface area contributed by atoms with E-state index in [4.69, 9.17) is 19.4 Å². The van der Waals surface area contributed by atoms with Crippen LogP contribution in [0.15, 0.2) is 144 Å². The lowest BCUT2D eigenvalue weighted by atomic mass is 9.97. The molecule has 52 heavy (non-hydrogen) atoms. The van der Waals surface area contributed by atoms with Crippen molar-refractivity contribution in [2.45, 2.75) is 20.8 Å². The molecule has 0 atom stereocenters. The standard InChI is InChI=1S/C48H35N3O/c1-5-37(38-18-9-6-13-30(38)3)48-50-46(49-47(51-48)36-25-24-32-14-7-8-15-34(32)28-36)35-17-10-16-33(27-35)29(2)23-26-39-31(4)40-19-11-21-42-44(40)45-41(39)20-12-22-43(45)52-42/h5-28H,4H2,1-3H3/b29-23+,37-5+,39-26+. The number of aryl methyl sites for hydroxylation is 1. The van der Waals surface area contributed by atoms with E-state index in [1.165, 1.54) is 10.9 Å². The predicted octanol–water partition coefficient (Wildman–Crippen LogP) is 10.9. The van der Waals surface area contributed by atoms with Crippen molar-refractivity contribution in [1.29, 1.82) is 0 Å². The molecule has 9 aromatic rings. The summed E-state index contributed by atoms with van der Waals surface area (Å²) in [4.78, 5) is 15.3. The second kappa shape index (κ2) is 12.6. The molecule has 0 aliphatic heterocycles. The van der Waals surface area contributed by atoms with E-state index < -0.39 is 0 Å². The molecule has 0 spiro atoms. The summed E-state index contributed by atoms with van der Waals surface area (Å²) < 4.78 is 6.21. The zero-order valence-electron chi connectivity index (χ0n) is 29.3. The van der Waals surface area contributed by atoms with E-state index in [-0.39, 0.29) is 0 Å². The van der Waals surface area contributed by atoms with Crippen LogP contribution >= 0.6 is 0 Å². The summed E-state index contributed by atoms with van der Waals surface area (Å²) in [5.74, 6) is 1.91. The Morgan fingerprint density at radius 1 is 0.654 bits per heavy atom. The van der Waals surface area contributed by atoms with Crippen LogP contribution in [0.1, 0.15) is 36.4 Å². The molecule has 0 aliphatic rings. The lowest BCUT2D eigenvalue weighted by Gasteiger charge is -2.13. The average molecular weight is 670 g/mol. The zero-order chi connectivity index (χ0) is 35.3. The number of rotatable bonds is 6. The number of benzene rings is 7. The lowest BCUT2D eigenvalue weighted by molar-refractivity contribution is 0.669. The van der Waals surface area contributed by atoms with Crippen LogP contribution < -0.4 is 10.4 Å². The van der Waals surface area contributed by atoms with Crippen molar-refractivity contribution < 1.29 is 4.42 Å². The third-order valence-corrected chi connectivity index (χ3v) is 10.1. The van der Waals surface area contributed by atoms with Crippen molar-refractivity contribution >= 4 is 67.3 Å². The minimum Gasteiger partial charge on any atom is -0.456 e. The number of aromatic nitrogens is 3. The van der Waals surface area contributed by atoms with Gasteiger partial charge in [0.2, 0.25) is 0 Å². The fourth-order valence-corrected chi connectivity index (χ4v) is 7.41. The van der Waals surface area contributed by atoms with Gasteiger partial charge in [0.15, 0.2) is 17.5 Å². The normalized spacial score (nSPS) is 12.9. The summed E-state index contributed by atoms with van der Waals surface area (Å²) >= 11 is 0. The van der Waals surface area contributed by atoms with Crippen LogP contribution in [0.3, 0.4) is 0 Å².